The zero-order valence-electron chi connectivity index (χ0n) is 23.6. The second-order valence-corrected chi connectivity index (χ2v) is 11.3. The van der Waals surface area contributed by atoms with Crippen LogP contribution >= 0.6 is 11.6 Å². The van der Waals surface area contributed by atoms with E-state index in [1.165, 1.54) is 35.2 Å². The van der Waals surface area contributed by atoms with Gasteiger partial charge in [0.25, 0.3) is 11.8 Å². The lowest BCUT2D eigenvalue weighted by molar-refractivity contribution is -0.148. The fourth-order valence-electron chi connectivity index (χ4n) is 6.14. The molecule has 11 heteroatoms. The van der Waals surface area contributed by atoms with Crippen LogP contribution in [-0.4, -0.2) is 61.4 Å². The molecule has 3 aromatic carbocycles. The highest BCUT2D eigenvalue weighted by Crippen LogP contribution is 2.38. The first kappa shape index (κ1) is 29.1. The van der Waals surface area contributed by atoms with Gasteiger partial charge < -0.3 is 24.7 Å². The van der Waals surface area contributed by atoms with Crippen LogP contribution in [-0.2, 0) is 25.6 Å². The number of para-hydroxylation sites is 1. The van der Waals surface area contributed by atoms with Crippen molar-refractivity contribution in [1.29, 1.82) is 0 Å². The molecule has 43 heavy (non-hydrogen) atoms. The van der Waals surface area contributed by atoms with Gasteiger partial charge in [0.05, 0.1) is 22.5 Å². The third-order valence-corrected chi connectivity index (χ3v) is 8.67. The third-order valence-electron chi connectivity index (χ3n) is 8.38. The Morgan fingerprint density at radius 2 is 1.79 bits per heavy atom. The fraction of sp³-hybridized carbons (Fsp3) is 0.344. The number of benzene rings is 3. The third kappa shape index (κ3) is 5.69. The van der Waals surface area contributed by atoms with Crippen molar-refractivity contribution in [3.05, 3.63) is 94.0 Å². The molecule has 3 heterocycles. The van der Waals surface area contributed by atoms with Gasteiger partial charge in [0, 0.05) is 44.4 Å². The molecule has 3 aliphatic heterocycles. The predicted octanol–water partition coefficient (Wildman–Crippen LogP) is 5.49. The lowest BCUT2D eigenvalue weighted by Gasteiger charge is -2.40. The van der Waals surface area contributed by atoms with Gasteiger partial charge in [-0.25, -0.2) is 8.78 Å². The van der Waals surface area contributed by atoms with Crippen LogP contribution in [0.15, 0.2) is 65.8 Å². The Morgan fingerprint density at radius 3 is 2.56 bits per heavy atom. The van der Waals surface area contributed by atoms with Crippen molar-refractivity contribution in [2.24, 2.45) is 5.16 Å². The quantitative estimate of drug-likeness (QED) is 0.400. The molecule has 0 aliphatic carbocycles. The summed E-state index contributed by atoms with van der Waals surface area (Å²) in [6, 6.07) is 15.1. The maximum Gasteiger partial charge on any atom is 0.267 e. The lowest BCUT2D eigenvalue weighted by atomic mass is 9.89. The Hall–Kier alpha value is -4.02. The second kappa shape index (κ2) is 12.3. The second-order valence-electron chi connectivity index (χ2n) is 10.9. The van der Waals surface area contributed by atoms with Crippen LogP contribution in [0.5, 0.6) is 0 Å². The molecule has 8 nitrogen and oxygen atoms in total. The van der Waals surface area contributed by atoms with E-state index in [-0.39, 0.29) is 41.1 Å². The van der Waals surface area contributed by atoms with Crippen LogP contribution < -0.4 is 10.2 Å². The monoisotopic (exact) mass is 608 g/mol. The molecule has 6 rings (SSSR count). The minimum Gasteiger partial charge on any atom is -0.382 e. The topological polar surface area (TPSA) is 83.5 Å². The maximum atomic E-state index is 14.7. The average molecular weight is 609 g/mol. The van der Waals surface area contributed by atoms with Crippen molar-refractivity contribution in [2.45, 2.75) is 43.9 Å². The summed E-state index contributed by atoms with van der Waals surface area (Å²) in [4.78, 5) is 37.1. The van der Waals surface area contributed by atoms with E-state index in [0.717, 1.165) is 37.2 Å². The molecule has 2 atom stereocenters. The number of carbonyl (C=O) groups excluding carboxylic acids is 2. The zero-order chi connectivity index (χ0) is 30.1. The van der Waals surface area contributed by atoms with E-state index in [9.17, 15) is 18.4 Å². The number of ether oxygens (including phenoxy) is 1. The Morgan fingerprint density at radius 1 is 1.02 bits per heavy atom. The number of anilines is 2. The van der Waals surface area contributed by atoms with E-state index in [2.05, 4.69) is 15.4 Å². The zero-order valence-corrected chi connectivity index (χ0v) is 24.3. The largest absolute Gasteiger partial charge is 0.382 e. The van der Waals surface area contributed by atoms with Crippen molar-refractivity contribution in [3.63, 3.8) is 0 Å². The number of piperidine rings is 1. The summed E-state index contributed by atoms with van der Waals surface area (Å²) < 4.78 is 34.8. The van der Waals surface area contributed by atoms with Gasteiger partial charge in [-0.3, -0.25) is 9.59 Å². The van der Waals surface area contributed by atoms with E-state index in [1.54, 1.807) is 19.2 Å². The van der Waals surface area contributed by atoms with Crippen molar-refractivity contribution < 1.29 is 27.9 Å². The number of oxime groups is 1. The standard InChI is InChI=1S/C32H31ClF2N4O4/c1-42-19-12-15-38(16-13-19)27-11-5-6-21-20(27)14-17-39(30(21)31(40)36-25-10-3-2-9-24(25)34)32(41)28-18-26(37-43-28)22-7-4-8-23(33)29(22)35/h2-11,19,28,30H,12-18H2,1H3,(H,36,40)/t28?,30-/m0/s1. The van der Waals surface area contributed by atoms with Crippen LogP contribution in [0, 0.1) is 11.6 Å². The fourth-order valence-corrected chi connectivity index (χ4v) is 6.32. The van der Waals surface area contributed by atoms with Crippen LogP contribution in [0.4, 0.5) is 20.2 Å². The molecule has 1 saturated heterocycles. The molecule has 1 unspecified atom stereocenters. The molecule has 0 aromatic heterocycles. The molecule has 2 amide bonds. The van der Waals surface area contributed by atoms with Crippen molar-refractivity contribution in [1.82, 2.24) is 4.90 Å². The van der Waals surface area contributed by atoms with E-state index in [4.69, 9.17) is 21.2 Å². The molecule has 1 fully saturated rings. The Bertz CT molecular complexity index is 1580. The highest BCUT2D eigenvalue weighted by atomic mass is 35.5. The Balaban J connectivity index is 1.30. The number of methoxy groups -OCH3 is 1. The smallest absolute Gasteiger partial charge is 0.267 e. The van der Waals surface area contributed by atoms with Crippen LogP contribution in [0.25, 0.3) is 0 Å². The predicted molar refractivity (Wildman–Crippen MR) is 159 cm³/mol. The molecule has 3 aromatic rings. The normalized spacial score (nSPS) is 20.3. The SMILES string of the molecule is COC1CCN(c2cccc3c2CCN(C(=O)C2CC(c4cccc(Cl)c4F)=NO2)[C@@H]3C(=O)Nc2ccccc2F)CC1. The summed E-state index contributed by atoms with van der Waals surface area (Å²) in [5.74, 6) is -2.24. The number of halogens is 3. The number of rotatable bonds is 6. The van der Waals surface area contributed by atoms with Crippen molar-refractivity contribution in [2.75, 3.05) is 37.0 Å². The van der Waals surface area contributed by atoms with Gasteiger partial charge in [0.15, 0.2) is 5.82 Å². The minimum absolute atomic E-state index is 0.00951. The first-order valence-corrected chi connectivity index (χ1v) is 14.7. The van der Waals surface area contributed by atoms with Gasteiger partial charge >= 0.3 is 0 Å². The molecule has 0 saturated carbocycles. The van der Waals surface area contributed by atoms with Crippen molar-refractivity contribution in [3.8, 4) is 0 Å². The van der Waals surface area contributed by atoms with E-state index >= 15 is 0 Å². The number of fused-ring (bicyclic) bond motifs is 1. The molecule has 0 spiro atoms. The highest BCUT2D eigenvalue weighted by molar-refractivity contribution is 6.31. The molecule has 0 bridgehead atoms. The summed E-state index contributed by atoms with van der Waals surface area (Å²) in [7, 11) is 1.72. The van der Waals surface area contributed by atoms with Crippen LogP contribution in [0.3, 0.4) is 0 Å². The first-order valence-electron chi connectivity index (χ1n) is 14.3. The van der Waals surface area contributed by atoms with Gasteiger partial charge in [0.1, 0.15) is 11.9 Å². The Kier molecular flexibility index (Phi) is 8.32. The van der Waals surface area contributed by atoms with E-state index in [1.807, 2.05) is 18.2 Å². The summed E-state index contributed by atoms with van der Waals surface area (Å²) >= 11 is 5.95. The van der Waals surface area contributed by atoms with Gasteiger partial charge in [-0.2, -0.15) is 0 Å². The maximum absolute atomic E-state index is 14.7. The van der Waals surface area contributed by atoms with Gasteiger partial charge in [0.2, 0.25) is 6.10 Å². The molecule has 1 N–H and O–H groups in total. The molecule has 224 valence electrons. The minimum atomic E-state index is -1.06. The first-order chi connectivity index (χ1) is 20.9. The van der Waals surface area contributed by atoms with Crippen molar-refractivity contribution >= 4 is 40.5 Å². The molecular formula is C32H31ClF2N4O4. The number of amides is 2. The number of nitrogens with zero attached hydrogens (tertiary/aromatic N) is 3. The number of carbonyl (C=O) groups is 2. The summed E-state index contributed by atoms with van der Waals surface area (Å²) in [6.07, 6.45) is 1.44. The van der Waals surface area contributed by atoms with Crippen LogP contribution in [0.1, 0.15) is 42.0 Å². The van der Waals surface area contributed by atoms with Gasteiger partial charge in [-0.15, -0.1) is 0 Å². The number of nitrogens with one attached hydrogen (secondary N) is 1. The highest BCUT2D eigenvalue weighted by Gasteiger charge is 2.42. The van der Waals surface area contributed by atoms with Gasteiger partial charge in [-0.1, -0.05) is 47.1 Å². The molecule has 0 radical (unpaired) electrons. The number of hydrogen-bond donors (Lipinski definition) is 1. The summed E-state index contributed by atoms with van der Waals surface area (Å²) in [5, 5.41) is 6.62. The van der Waals surface area contributed by atoms with E-state index < -0.39 is 35.6 Å². The summed E-state index contributed by atoms with van der Waals surface area (Å²) in [6.45, 7) is 1.84. The van der Waals surface area contributed by atoms with E-state index in [0.29, 0.717) is 12.0 Å². The van der Waals surface area contributed by atoms with Gasteiger partial charge in [-0.05, 0) is 60.7 Å². The molecule has 3 aliphatic rings. The Labute approximate surface area is 253 Å². The summed E-state index contributed by atoms with van der Waals surface area (Å²) in [5.41, 5.74) is 3.08. The van der Waals surface area contributed by atoms with Crippen LogP contribution in [0.2, 0.25) is 5.02 Å². The lowest BCUT2D eigenvalue weighted by Crippen LogP contribution is -2.49. The molecular weight excluding hydrogens is 578 g/mol. The number of hydrogen-bond acceptors (Lipinski definition) is 6. The average Bonchev–Trinajstić information content (AvgIpc) is 3.52.